The lowest BCUT2D eigenvalue weighted by atomic mass is 10.1. The minimum atomic E-state index is -0.511. The van der Waals surface area contributed by atoms with Crippen LogP contribution in [0, 0.1) is 0 Å². The van der Waals surface area contributed by atoms with Crippen molar-refractivity contribution in [3.05, 3.63) is 60.3 Å². The van der Waals surface area contributed by atoms with Gasteiger partial charge in [-0.3, -0.25) is 0 Å². The van der Waals surface area contributed by atoms with Crippen LogP contribution in [0.15, 0.2) is 54.7 Å². The van der Waals surface area contributed by atoms with E-state index in [1.807, 2.05) is 48.5 Å². The lowest BCUT2D eigenvalue weighted by molar-refractivity contribution is 0.191. The molecule has 0 aliphatic carbocycles. The lowest BCUT2D eigenvalue weighted by Crippen LogP contribution is -2.12. The van der Waals surface area contributed by atoms with Gasteiger partial charge in [-0.25, -0.2) is 4.98 Å². The van der Waals surface area contributed by atoms with Gasteiger partial charge in [-0.05, 0) is 17.7 Å². The first kappa shape index (κ1) is 13.5. The fraction of sp³-hybridized carbons (Fsp3) is 0.154. The second kappa shape index (κ2) is 6.89. The zero-order valence-corrected chi connectivity index (χ0v) is 10.1. The van der Waals surface area contributed by atoms with Crippen molar-refractivity contribution in [1.82, 2.24) is 4.98 Å². The van der Waals surface area contributed by atoms with Crippen LogP contribution in [-0.4, -0.2) is 16.6 Å². The average Bonchev–Trinajstić information content (AvgIpc) is 2.38. The monoisotopic (exact) mass is 250 g/mol. The molecule has 2 N–H and O–H groups in total. The Labute approximate surface area is 107 Å². The van der Waals surface area contributed by atoms with Crippen LogP contribution in [-0.2, 0) is 0 Å². The summed E-state index contributed by atoms with van der Waals surface area (Å²) < 4.78 is 0. The second-order valence-electron chi connectivity index (χ2n) is 3.52. The second-order valence-corrected chi connectivity index (χ2v) is 3.52. The third-order valence-corrected chi connectivity index (χ3v) is 2.33. The highest BCUT2D eigenvalue weighted by Crippen LogP contribution is 2.12. The van der Waals surface area contributed by atoms with Crippen LogP contribution in [0.2, 0.25) is 0 Å². The van der Waals surface area contributed by atoms with Gasteiger partial charge in [0, 0.05) is 12.7 Å². The van der Waals surface area contributed by atoms with E-state index in [4.69, 9.17) is 0 Å². The predicted molar refractivity (Wildman–Crippen MR) is 71.4 cm³/mol. The zero-order valence-electron chi connectivity index (χ0n) is 9.28. The van der Waals surface area contributed by atoms with Gasteiger partial charge < -0.3 is 10.4 Å². The van der Waals surface area contributed by atoms with Gasteiger partial charge in [0.2, 0.25) is 0 Å². The number of aromatic nitrogens is 1. The highest BCUT2D eigenvalue weighted by Gasteiger charge is 2.05. The zero-order chi connectivity index (χ0) is 11.2. The largest absolute Gasteiger partial charge is 0.387 e. The smallest absolute Gasteiger partial charge is 0.125 e. The van der Waals surface area contributed by atoms with Gasteiger partial charge in [0.25, 0.3) is 0 Å². The first-order valence-corrected chi connectivity index (χ1v) is 5.24. The summed E-state index contributed by atoms with van der Waals surface area (Å²) in [4.78, 5) is 4.12. The minimum Gasteiger partial charge on any atom is -0.387 e. The standard InChI is InChI=1S/C13H14N2O.ClH/c16-12(11-6-2-1-3-7-11)10-15-13-8-4-5-9-14-13;/h1-9,12,16H,10H2,(H,14,15);1H/t12-;/m1./s1. The average molecular weight is 251 g/mol. The SMILES string of the molecule is Cl.O[C@H](CNc1ccccn1)c1ccccc1. The van der Waals surface area contributed by atoms with Gasteiger partial charge in [-0.1, -0.05) is 36.4 Å². The van der Waals surface area contributed by atoms with Crippen molar-refractivity contribution in [1.29, 1.82) is 0 Å². The summed E-state index contributed by atoms with van der Waals surface area (Å²) in [5.41, 5.74) is 0.908. The molecule has 1 heterocycles. The minimum absolute atomic E-state index is 0. The summed E-state index contributed by atoms with van der Waals surface area (Å²) in [7, 11) is 0. The number of halogens is 1. The van der Waals surface area contributed by atoms with Gasteiger partial charge in [0.05, 0.1) is 6.10 Å². The van der Waals surface area contributed by atoms with Gasteiger partial charge in [-0.15, -0.1) is 12.4 Å². The number of hydrogen-bond acceptors (Lipinski definition) is 3. The van der Waals surface area contributed by atoms with Crippen LogP contribution in [0.3, 0.4) is 0 Å². The van der Waals surface area contributed by atoms with E-state index in [0.29, 0.717) is 6.54 Å². The number of hydrogen-bond donors (Lipinski definition) is 2. The van der Waals surface area contributed by atoms with Crippen molar-refractivity contribution in [3.63, 3.8) is 0 Å². The molecule has 2 rings (SSSR count). The molecular formula is C13H15ClN2O. The summed E-state index contributed by atoms with van der Waals surface area (Å²) in [5, 5.41) is 13.0. The highest BCUT2D eigenvalue weighted by atomic mass is 35.5. The van der Waals surface area contributed by atoms with E-state index in [9.17, 15) is 5.11 Å². The van der Waals surface area contributed by atoms with Crippen molar-refractivity contribution in [3.8, 4) is 0 Å². The number of anilines is 1. The van der Waals surface area contributed by atoms with Crippen LogP contribution < -0.4 is 5.32 Å². The summed E-state index contributed by atoms with van der Waals surface area (Å²) in [6, 6.07) is 15.2. The van der Waals surface area contributed by atoms with Crippen LogP contribution in [0.1, 0.15) is 11.7 Å². The first-order valence-electron chi connectivity index (χ1n) is 5.24. The Morgan fingerprint density at radius 1 is 1.06 bits per heavy atom. The van der Waals surface area contributed by atoms with Gasteiger partial charge in [0.15, 0.2) is 0 Å². The molecule has 2 aromatic rings. The molecule has 0 aliphatic rings. The molecular weight excluding hydrogens is 236 g/mol. The molecule has 1 aromatic heterocycles. The number of aliphatic hydroxyl groups excluding tert-OH is 1. The predicted octanol–water partition coefficient (Wildman–Crippen LogP) is 2.65. The molecule has 0 aliphatic heterocycles. The Hall–Kier alpha value is -1.58. The molecule has 0 fully saturated rings. The Morgan fingerprint density at radius 3 is 2.41 bits per heavy atom. The molecule has 3 nitrogen and oxygen atoms in total. The van der Waals surface area contributed by atoms with Gasteiger partial charge in [-0.2, -0.15) is 0 Å². The lowest BCUT2D eigenvalue weighted by Gasteiger charge is -2.12. The molecule has 1 aromatic carbocycles. The van der Waals surface area contributed by atoms with E-state index in [2.05, 4.69) is 10.3 Å². The third-order valence-electron chi connectivity index (χ3n) is 2.33. The first-order chi connectivity index (χ1) is 7.86. The van der Waals surface area contributed by atoms with E-state index in [0.717, 1.165) is 11.4 Å². The van der Waals surface area contributed by atoms with E-state index in [-0.39, 0.29) is 12.4 Å². The Kier molecular flexibility index (Phi) is 5.46. The quantitative estimate of drug-likeness (QED) is 0.877. The number of aliphatic hydroxyl groups is 1. The molecule has 0 amide bonds. The van der Waals surface area contributed by atoms with Crippen molar-refractivity contribution in [2.24, 2.45) is 0 Å². The maximum Gasteiger partial charge on any atom is 0.125 e. The molecule has 1 atom stereocenters. The van der Waals surface area contributed by atoms with E-state index in [1.54, 1.807) is 6.20 Å². The van der Waals surface area contributed by atoms with Crippen molar-refractivity contribution in [2.75, 3.05) is 11.9 Å². The topological polar surface area (TPSA) is 45.1 Å². The fourth-order valence-electron chi connectivity index (χ4n) is 1.46. The van der Waals surface area contributed by atoms with Crippen LogP contribution in [0.25, 0.3) is 0 Å². The molecule has 17 heavy (non-hydrogen) atoms. The number of rotatable bonds is 4. The normalized spacial score (nSPS) is 11.4. The van der Waals surface area contributed by atoms with Crippen LogP contribution >= 0.6 is 12.4 Å². The maximum atomic E-state index is 9.89. The van der Waals surface area contributed by atoms with Crippen molar-refractivity contribution >= 4 is 18.2 Å². The Bertz CT molecular complexity index is 422. The van der Waals surface area contributed by atoms with Crippen molar-refractivity contribution in [2.45, 2.75) is 6.10 Å². The van der Waals surface area contributed by atoms with Gasteiger partial charge in [0.1, 0.15) is 5.82 Å². The van der Waals surface area contributed by atoms with Crippen LogP contribution in [0.4, 0.5) is 5.82 Å². The number of benzene rings is 1. The van der Waals surface area contributed by atoms with Crippen molar-refractivity contribution < 1.29 is 5.11 Å². The molecule has 0 saturated carbocycles. The van der Waals surface area contributed by atoms with Crippen LogP contribution in [0.5, 0.6) is 0 Å². The highest BCUT2D eigenvalue weighted by molar-refractivity contribution is 5.85. The van der Waals surface area contributed by atoms with Gasteiger partial charge >= 0.3 is 0 Å². The number of nitrogens with zero attached hydrogens (tertiary/aromatic N) is 1. The summed E-state index contributed by atoms with van der Waals surface area (Å²) >= 11 is 0. The molecule has 0 radical (unpaired) electrons. The molecule has 0 unspecified atom stereocenters. The van der Waals surface area contributed by atoms with E-state index < -0.39 is 6.10 Å². The molecule has 0 bridgehead atoms. The maximum absolute atomic E-state index is 9.89. The number of nitrogens with one attached hydrogen (secondary N) is 1. The summed E-state index contributed by atoms with van der Waals surface area (Å²) in [5.74, 6) is 0.775. The van der Waals surface area contributed by atoms with E-state index in [1.165, 1.54) is 0 Å². The molecule has 0 spiro atoms. The fourth-order valence-corrected chi connectivity index (χ4v) is 1.46. The Balaban J connectivity index is 0.00000144. The number of pyridine rings is 1. The Morgan fingerprint density at radius 2 is 1.76 bits per heavy atom. The summed E-state index contributed by atoms with van der Waals surface area (Å²) in [6.45, 7) is 0.459. The van der Waals surface area contributed by atoms with E-state index >= 15 is 0 Å². The molecule has 90 valence electrons. The summed E-state index contributed by atoms with van der Waals surface area (Å²) in [6.07, 6.45) is 1.21. The third kappa shape index (κ3) is 4.06. The molecule has 0 saturated heterocycles. The molecule has 4 heteroatoms.